The Morgan fingerprint density at radius 2 is 1.90 bits per heavy atom. The largest absolute Gasteiger partial charge is 0.497 e. The van der Waals surface area contributed by atoms with Crippen LogP contribution in [-0.2, 0) is 22.6 Å². The smallest absolute Gasteiger partial charge is 0.255 e. The van der Waals surface area contributed by atoms with E-state index in [1.165, 1.54) is 0 Å². The van der Waals surface area contributed by atoms with Crippen molar-refractivity contribution in [1.82, 2.24) is 20.5 Å². The maximum Gasteiger partial charge on any atom is 0.255 e. The molecular formula is C32H32N4O4S. The second kappa shape index (κ2) is 11.3. The maximum atomic E-state index is 14.0. The van der Waals surface area contributed by atoms with E-state index in [9.17, 15) is 14.4 Å². The van der Waals surface area contributed by atoms with Gasteiger partial charge in [-0.25, -0.2) is 0 Å². The van der Waals surface area contributed by atoms with Crippen LogP contribution in [0.15, 0.2) is 72.8 Å². The molecular weight excluding hydrogens is 536 g/mol. The molecule has 2 aliphatic rings. The van der Waals surface area contributed by atoms with Crippen molar-refractivity contribution in [3.63, 3.8) is 0 Å². The summed E-state index contributed by atoms with van der Waals surface area (Å²) in [6.45, 7) is 0.311. The molecule has 3 N–H and O–H groups in total. The summed E-state index contributed by atoms with van der Waals surface area (Å²) in [6.07, 6.45) is 2.80. The van der Waals surface area contributed by atoms with Crippen molar-refractivity contribution in [2.24, 2.45) is 0 Å². The topological polar surface area (TPSA) is 104 Å². The van der Waals surface area contributed by atoms with Gasteiger partial charge in [0.15, 0.2) is 0 Å². The normalized spacial score (nSPS) is 17.9. The molecule has 6 rings (SSSR count). The number of nitrogens with zero attached hydrogens (tertiary/aromatic N) is 1. The summed E-state index contributed by atoms with van der Waals surface area (Å²) in [7, 11) is 1.60. The lowest BCUT2D eigenvalue weighted by atomic mass is 9.89. The van der Waals surface area contributed by atoms with E-state index in [0.717, 1.165) is 33.3 Å². The molecule has 2 aliphatic heterocycles. The van der Waals surface area contributed by atoms with E-state index in [0.29, 0.717) is 36.5 Å². The van der Waals surface area contributed by atoms with Crippen molar-refractivity contribution in [2.75, 3.05) is 19.1 Å². The van der Waals surface area contributed by atoms with E-state index in [2.05, 4.69) is 15.6 Å². The van der Waals surface area contributed by atoms with Crippen molar-refractivity contribution in [3.8, 4) is 5.75 Å². The van der Waals surface area contributed by atoms with Crippen molar-refractivity contribution >= 4 is 40.4 Å². The molecule has 3 aromatic carbocycles. The van der Waals surface area contributed by atoms with Gasteiger partial charge >= 0.3 is 0 Å². The lowest BCUT2D eigenvalue weighted by molar-refractivity contribution is -0.132. The zero-order valence-electron chi connectivity index (χ0n) is 23.0. The second-order valence-electron chi connectivity index (χ2n) is 10.4. The van der Waals surface area contributed by atoms with E-state index in [1.807, 2.05) is 79.1 Å². The standard InChI is InChI=1S/C32H32N4O4S/c1-40-20-9-7-8-19(16-20)18-33-30(37)26(14-15-41-2)35-31(38)27-17-24-21-10-5-6-13-25(21)34-28(24)29-22-11-3-4-12-23(22)32(39)36(27)29/h3-13,16,26-27,29,34H,14-15,17-18H2,1-2H3,(H,33,37)(H,35,38)/t26-,27-,29?/m0/s1. The summed E-state index contributed by atoms with van der Waals surface area (Å²) < 4.78 is 5.29. The van der Waals surface area contributed by atoms with Gasteiger partial charge in [-0.1, -0.05) is 48.5 Å². The maximum absolute atomic E-state index is 14.0. The number of methoxy groups -OCH3 is 1. The van der Waals surface area contributed by atoms with Crippen molar-refractivity contribution < 1.29 is 19.1 Å². The molecule has 3 heterocycles. The summed E-state index contributed by atoms with van der Waals surface area (Å²) in [4.78, 5) is 46.3. The lowest BCUT2D eigenvalue weighted by Crippen LogP contribution is -2.56. The number of ether oxygens (including phenoxy) is 1. The van der Waals surface area contributed by atoms with Crippen LogP contribution in [0.3, 0.4) is 0 Å². The molecule has 41 heavy (non-hydrogen) atoms. The second-order valence-corrected chi connectivity index (χ2v) is 11.4. The minimum absolute atomic E-state index is 0.168. The number of benzene rings is 3. The highest BCUT2D eigenvalue weighted by atomic mass is 32.2. The highest BCUT2D eigenvalue weighted by Crippen LogP contribution is 2.46. The molecule has 3 amide bonds. The number of nitrogens with one attached hydrogen (secondary N) is 3. The van der Waals surface area contributed by atoms with Gasteiger partial charge in [0.2, 0.25) is 11.8 Å². The molecule has 0 radical (unpaired) electrons. The minimum Gasteiger partial charge on any atom is -0.497 e. The molecule has 0 fully saturated rings. The SMILES string of the molecule is COc1cccc(CNC(=O)[C@H](CCSC)NC(=O)[C@@H]2Cc3c([nH]c4ccccc34)C3c4ccccc4C(=O)N32)c1. The number of aromatic nitrogens is 1. The fraction of sp³-hybridized carbons (Fsp3) is 0.281. The highest BCUT2D eigenvalue weighted by Gasteiger charge is 2.49. The molecule has 3 atom stereocenters. The van der Waals surface area contributed by atoms with Crippen molar-refractivity contribution in [3.05, 3.63) is 101 Å². The number of aromatic amines is 1. The average Bonchev–Trinajstić information content (AvgIpc) is 3.53. The first kappa shape index (κ1) is 27.0. The van der Waals surface area contributed by atoms with Crippen LogP contribution in [0.5, 0.6) is 5.75 Å². The number of thioether (sulfide) groups is 1. The van der Waals surface area contributed by atoms with E-state index in [1.54, 1.807) is 23.8 Å². The van der Waals surface area contributed by atoms with Crippen LogP contribution in [0, 0.1) is 0 Å². The number of carbonyl (C=O) groups is 3. The van der Waals surface area contributed by atoms with Gasteiger partial charge in [0.1, 0.15) is 17.8 Å². The van der Waals surface area contributed by atoms with Gasteiger partial charge in [0, 0.05) is 35.1 Å². The number of hydrogen-bond acceptors (Lipinski definition) is 5. The molecule has 4 aromatic rings. The average molecular weight is 569 g/mol. The van der Waals surface area contributed by atoms with Gasteiger partial charge in [-0.05, 0) is 59.4 Å². The number of amides is 3. The van der Waals surface area contributed by atoms with Gasteiger partial charge in [-0.15, -0.1) is 0 Å². The third-order valence-corrected chi connectivity index (χ3v) is 8.64. The number of H-pyrrole nitrogens is 1. The molecule has 0 saturated carbocycles. The quantitative estimate of drug-likeness (QED) is 0.281. The Labute approximate surface area is 242 Å². The number of carbonyl (C=O) groups excluding carboxylic acids is 3. The molecule has 1 aromatic heterocycles. The third-order valence-electron chi connectivity index (χ3n) is 8.00. The van der Waals surface area contributed by atoms with Crippen molar-refractivity contribution in [2.45, 2.75) is 37.5 Å². The Balaban J connectivity index is 1.28. The molecule has 0 bridgehead atoms. The Morgan fingerprint density at radius 1 is 1.10 bits per heavy atom. The molecule has 0 spiro atoms. The van der Waals surface area contributed by atoms with Gasteiger partial charge in [0.25, 0.3) is 5.91 Å². The number of rotatable bonds is 9. The van der Waals surface area contributed by atoms with Crippen LogP contribution in [0.4, 0.5) is 0 Å². The van der Waals surface area contributed by atoms with Gasteiger partial charge < -0.3 is 25.3 Å². The number of para-hydroxylation sites is 1. The van der Waals surface area contributed by atoms with Crippen LogP contribution >= 0.6 is 11.8 Å². The zero-order valence-corrected chi connectivity index (χ0v) is 23.8. The Hall–Kier alpha value is -4.24. The van der Waals surface area contributed by atoms with Gasteiger partial charge in [-0.3, -0.25) is 14.4 Å². The zero-order chi connectivity index (χ0) is 28.5. The van der Waals surface area contributed by atoms with Crippen LogP contribution < -0.4 is 15.4 Å². The van der Waals surface area contributed by atoms with Gasteiger partial charge in [-0.2, -0.15) is 11.8 Å². The van der Waals surface area contributed by atoms with E-state index < -0.39 is 18.1 Å². The minimum atomic E-state index is -0.755. The summed E-state index contributed by atoms with van der Waals surface area (Å²) in [5, 5.41) is 7.03. The van der Waals surface area contributed by atoms with E-state index in [4.69, 9.17) is 4.74 Å². The molecule has 0 saturated heterocycles. The summed E-state index contributed by atoms with van der Waals surface area (Å²) in [5.41, 5.74) is 5.35. The molecule has 9 heteroatoms. The number of hydrogen-bond donors (Lipinski definition) is 3. The first-order chi connectivity index (χ1) is 20.0. The summed E-state index contributed by atoms with van der Waals surface area (Å²) in [5.74, 6) is 0.661. The molecule has 0 aliphatic carbocycles. The van der Waals surface area contributed by atoms with Gasteiger partial charge in [0.05, 0.1) is 13.2 Å². The van der Waals surface area contributed by atoms with E-state index >= 15 is 0 Å². The third kappa shape index (κ3) is 4.95. The Kier molecular flexibility index (Phi) is 7.45. The molecule has 8 nitrogen and oxygen atoms in total. The Morgan fingerprint density at radius 3 is 2.73 bits per heavy atom. The first-order valence-corrected chi connectivity index (χ1v) is 15.1. The molecule has 210 valence electrons. The number of fused-ring (bicyclic) bond motifs is 7. The Bertz CT molecular complexity index is 1630. The first-order valence-electron chi connectivity index (χ1n) is 13.7. The van der Waals surface area contributed by atoms with Crippen LogP contribution in [0.1, 0.15) is 45.2 Å². The van der Waals surface area contributed by atoms with Crippen LogP contribution in [-0.4, -0.2) is 58.8 Å². The van der Waals surface area contributed by atoms with Crippen LogP contribution in [0.2, 0.25) is 0 Å². The monoisotopic (exact) mass is 568 g/mol. The van der Waals surface area contributed by atoms with Crippen molar-refractivity contribution in [1.29, 1.82) is 0 Å². The lowest BCUT2D eigenvalue weighted by Gasteiger charge is -2.37. The van der Waals surface area contributed by atoms with E-state index in [-0.39, 0.29) is 17.7 Å². The predicted molar refractivity (Wildman–Crippen MR) is 160 cm³/mol. The fourth-order valence-corrected chi connectivity index (χ4v) is 6.48. The summed E-state index contributed by atoms with van der Waals surface area (Å²) >= 11 is 1.61. The fourth-order valence-electron chi connectivity index (χ4n) is 6.00. The predicted octanol–water partition coefficient (Wildman–Crippen LogP) is 4.20. The molecule has 1 unspecified atom stereocenters. The summed E-state index contributed by atoms with van der Waals surface area (Å²) in [6, 6.07) is 21.2. The van der Waals surface area contributed by atoms with Crippen LogP contribution in [0.25, 0.3) is 10.9 Å². The highest BCUT2D eigenvalue weighted by molar-refractivity contribution is 7.98.